The second-order valence-electron chi connectivity index (χ2n) is 4.94. The number of ether oxygens (including phenoxy) is 1. The highest BCUT2D eigenvalue weighted by Crippen LogP contribution is 2.21. The summed E-state index contributed by atoms with van der Waals surface area (Å²) in [5.74, 6) is 0.596. The Morgan fingerprint density at radius 3 is 3.16 bits per heavy atom. The van der Waals surface area contributed by atoms with Gasteiger partial charge in [0.2, 0.25) is 0 Å². The molecule has 1 aliphatic heterocycles. The minimum Gasteiger partial charge on any atom is -0.375 e. The van der Waals surface area contributed by atoms with E-state index >= 15 is 0 Å². The van der Waals surface area contributed by atoms with Crippen LogP contribution in [0.2, 0.25) is 0 Å². The molecule has 106 valence electrons. The Morgan fingerprint density at radius 1 is 1.58 bits per heavy atom. The Morgan fingerprint density at radius 2 is 2.42 bits per heavy atom. The smallest absolute Gasteiger partial charge is 0.141 e. The number of nitrogens with zero attached hydrogens (tertiary/aromatic N) is 2. The van der Waals surface area contributed by atoms with Crippen molar-refractivity contribution < 1.29 is 9.13 Å². The van der Waals surface area contributed by atoms with Gasteiger partial charge in [-0.1, -0.05) is 6.92 Å². The van der Waals surface area contributed by atoms with Crippen LogP contribution in [-0.2, 0) is 11.3 Å². The molecule has 1 aromatic rings. The number of hydrogen-bond donors (Lipinski definition) is 1. The molecule has 0 saturated carbocycles. The molecule has 1 aromatic heterocycles. The molecule has 0 aliphatic carbocycles. The van der Waals surface area contributed by atoms with Crippen LogP contribution in [0.25, 0.3) is 0 Å². The molecular formula is C14H22FN3O. The fourth-order valence-electron chi connectivity index (χ4n) is 2.30. The Hall–Kier alpha value is -1.20. The monoisotopic (exact) mass is 267 g/mol. The molecule has 1 saturated heterocycles. The van der Waals surface area contributed by atoms with E-state index in [4.69, 9.17) is 4.74 Å². The highest BCUT2D eigenvalue weighted by Gasteiger charge is 2.20. The van der Waals surface area contributed by atoms with E-state index in [0.717, 1.165) is 37.4 Å². The standard InChI is InChI=1S/C14H22FN3O/c1-3-4-16-8-12-7-13(15)9-17-14(12)18-5-6-19-11(2)10-18/h7,9,11,16H,3-6,8,10H2,1-2H3. The highest BCUT2D eigenvalue weighted by molar-refractivity contribution is 5.47. The Bertz CT molecular complexity index is 414. The number of morpholine rings is 1. The van der Waals surface area contributed by atoms with Gasteiger partial charge in [-0.2, -0.15) is 0 Å². The van der Waals surface area contributed by atoms with Crippen LogP contribution in [0.4, 0.5) is 10.2 Å². The molecule has 1 unspecified atom stereocenters. The van der Waals surface area contributed by atoms with Crippen molar-refractivity contribution in [2.75, 3.05) is 31.1 Å². The SMILES string of the molecule is CCCNCc1cc(F)cnc1N1CCOC(C)C1. The lowest BCUT2D eigenvalue weighted by Gasteiger charge is -2.33. The number of aromatic nitrogens is 1. The van der Waals surface area contributed by atoms with Crippen LogP contribution in [-0.4, -0.2) is 37.3 Å². The summed E-state index contributed by atoms with van der Waals surface area (Å²) in [4.78, 5) is 6.45. The highest BCUT2D eigenvalue weighted by atomic mass is 19.1. The van der Waals surface area contributed by atoms with Crippen LogP contribution >= 0.6 is 0 Å². The normalized spacial score (nSPS) is 19.7. The lowest BCUT2D eigenvalue weighted by Crippen LogP contribution is -2.42. The molecule has 0 radical (unpaired) electrons. The summed E-state index contributed by atoms with van der Waals surface area (Å²) in [5, 5.41) is 3.30. The topological polar surface area (TPSA) is 37.4 Å². The molecule has 1 fully saturated rings. The van der Waals surface area contributed by atoms with E-state index in [1.165, 1.54) is 6.20 Å². The van der Waals surface area contributed by atoms with Crippen molar-refractivity contribution in [3.63, 3.8) is 0 Å². The fraction of sp³-hybridized carbons (Fsp3) is 0.643. The van der Waals surface area contributed by atoms with Gasteiger partial charge in [-0.05, 0) is 26.0 Å². The average Bonchev–Trinajstić information content (AvgIpc) is 2.39. The van der Waals surface area contributed by atoms with Gasteiger partial charge in [0.15, 0.2) is 0 Å². The second kappa shape index (κ2) is 6.82. The largest absolute Gasteiger partial charge is 0.375 e. The maximum Gasteiger partial charge on any atom is 0.141 e. The van der Waals surface area contributed by atoms with Gasteiger partial charge in [0, 0.05) is 25.2 Å². The number of rotatable bonds is 5. The van der Waals surface area contributed by atoms with E-state index in [0.29, 0.717) is 13.2 Å². The minimum absolute atomic E-state index is 0.192. The second-order valence-corrected chi connectivity index (χ2v) is 4.94. The Balaban J connectivity index is 2.13. The predicted octanol–water partition coefficient (Wildman–Crippen LogP) is 1.95. The quantitative estimate of drug-likeness (QED) is 0.827. The maximum absolute atomic E-state index is 13.4. The minimum atomic E-state index is -0.279. The van der Waals surface area contributed by atoms with Gasteiger partial charge in [0.05, 0.1) is 18.9 Å². The molecule has 1 aliphatic rings. The maximum atomic E-state index is 13.4. The molecule has 0 spiro atoms. The number of hydrogen-bond acceptors (Lipinski definition) is 4. The third kappa shape index (κ3) is 3.88. The summed E-state index contributed by atoms with van der Waals surface area (Å²) in [6, 6.07) is 1.57. The molecule has 5 heteroatoms. The van der Waals surface area contributed by atoms with E-state index in [9.17, 15) is 4.39 Å². The zero-order valence-corrected chi connectivity index (χ0v) is 11.7. The van der Waals surface area contributed by atoms with E-state index in [-0.39, 0.29) is 11.9 Å². The van der Waals surface area contributed by atoms with Crippen LogP contribution in [0.15, 0.2) is 12.3 Å². The molecule has 19 heavy (non-hydrogen) atoms. The fourth-order valence-corrected chi connectivity index (χ4v) is 2.30. The van der Waals surface area contributed by atoms with Gasteiger partial charge in [0.1, 0.15) is 11.6 Å². The van der Waals surface area contributed by atoms with Crippen LogP contribution in [0.3, 0.4) is 0 Å². The summed E-state index contributed by atoms with van der Waals surface area (Å²) in [7, 11) is 0. The molecule has 1 N–H and O–H groups in total. The third-order valence-corrected chi connectivity index (χ3v) is 3.19. The number of anilines is 1. The lowest BCUT2D eigenvalue weighted by molar-refractivity contribution is 0.0528. The van der Waals surface area contributed by atoms with Crippen molar-refractivity contribution in [2.24, 2.45) is 0 Å². The number of nitrogens with one attached hydrogen (secondary N) is 1. The molecule has 2 rings (SSSR count). The third-order valence-electron chi connectivity index (χ3n) is 3.19. The van der Waals surface area contributed by atoms with Crippen molar-refractivity contribution in [2.45, 2.75) is 32.9 Å². The molecule has 4 nitrogen and oxygen atoms in total. The molecule has 0 aromatic carbocycles. The summed E-state index contributed by atoms with van der Waals surface area (Å²) in [6.07, 6.45) is 2.54. The van der Waals surface area contributed by atoms with Gasteiger partial charge in [0.25, 0.3) is 0 Å². The van der Waals surface area contributed by atoms with Crippen LogP contribution < -0.4 is 10.2 Å². The van der Waals surface area contributed by atoms with Crippen LogP contribution in [0.1, 0.15) is 25.8 Å². The lowest BCUT2D eigenvalue weighted by atomic mass is 10.2. The van der Waals surface area contributed by atoms with E-state index in [2.05, 4.69) is 22.1 Å². The first kappa shape index (κ1) is 14.2. The van der Waals surface area contributed by atoms with Crippen molar-refractivity contribution in [1.29, 1.82) is 0 Å². The molecule has 1 atom stereocenters. The Kier molecular flexibility index (Phi) is 5.10. The van der Waals surface area contributed by atoms with Gasteiger partial charge < -0.3 is 15.0 Å². The molecule has 0 amide bonds. The van der Waals surface area contributed by atoms with Crippen LogP contribution in [0.5, 0.6) is 0 Å². The van der Waals surface area contributed by atoms with Crippen molar-refractivity contribution >= 4 is 5.82 Å². The van der Waals surface area contributed by atoms with E-state index in [1.54, 1.807) is 6.07 Å². The molecule has 2 heterocycles. The van der Waals surface area contributed by atoms with Crippen LogP contribution in [0, 0.1) is 5.82 Å². The zero-order chi connectivity index (χ0) is 13.7. The van der Waals surface area contributed by atoms with Gasteiger partial charge in [-0.3, -0.25) is 0 Å². The van der Waals surface area contributed by atoms with Gasteiger partial charge in [-0.15, -0.1) is 0 Å². The molecular weight excluding hydrogens is 245 g/mol. The summed E-state index contributed by atoms with van der Waals surface area (Å²) in [6.45, 7) is 8.05. The Labute approximate surface area is 114 Å². The van der Waals surface area contributed by atoms with Gasteiger partial charge in [-0.25, -0.2) is 9.37 Å². The first-order chi connectivity index (χ1) is 9.20. The summed E-state index contributed by atoms with van der Waals surface area (Å²) >= 11 is 0. The van der Waals surface area contributed by atoms with Crippen molar-refractivity contribution in [3.05, 3.63) is 23.6 Å². The average molecular weight is 267 g/mol. The number of pyridine rings is 1. The van der Waals surface area contributed by atoms with Crippen molar-refractivity contribution in [3.8, 4) is 0 Å². The molecule has 0 bridgehead atoms. The summed E-state index contributed by atoms with van der Waals surface area (Å²) < 4.78 is 18.9. The zero-order valence-electron chi connectivity index (χ0n) is 11.7. The number of halogens is 1. The van der Waals surface area contributed by atoms with Crippen molar-refractivity contribution in [1.82, 2.24) is 10.3 Å². The summed E-state index contributed by atoms with van der Waals surface area (Å²) in [5.41, 5.74) is 0.919. The first-order valence-electron chi connectivity index (χ1n) is 6.92. The van der Waals surface area contributed by atoms with E-state index in [1.807, 2.05) is 6.92 Å². The predicted molar refractivity (Wildman–Crippen MR) is 73.8 cm³/mol. The first-order valence-corrected chi connectivity index (χ1v) is 6.92. The van der Waals surface area contributed by atoms with E-state index < -0.39 is 0 Å². The van der Waals surface area contributed by atoms with Gasteiger partial charge >= 0.3 is 0 Å².